The van der Waals surface area contributed by atoms with Gasteiger partial charge in [-0.2, -0.15) is 0 Å². The molecule has 116 valence electrons. The van der Waals surface area contributed by atoms with Crippen molar-refractivity contribution in [2.75, 3.05) is 20.8 Å². The van der Waals surface area contributed by atoms with E-state index in [4.69, 9.17) is 9.47 Å². The standard InChI is InChI=1S/C15H23N3O3/c1-20-9-5-8-15(19)16-14-10-12(17-18-14)11-6-3-4-7-13(11)21-2/h3-4,6-7,12,14,17-18H,5,8-10H2,1-2H3,(H,16,19). The molecule has 6 heteroatoms. The fraction of sp³-hybridized carbons (Fsp3) is 0.533. The highest BCUT2D eigenvalue weighted by Gasteiger charge is 2.27. The molecular weight excluding hydrogens is 270 g/mol. The number of benzene rings is 1. The topological polar surface area (TPSA) is 71.6 Å². The molecule has 0 radical (unpaired) electrons. The van der Waals surface area contributed by atoms with Gasteiger partial charge in [-0.15, -0.1) is 0 Å². The molecule has 0 bridgehead atoms. The Morgan fingerprint density at radius 1 is 1.33 bits per heavy atom. The molecule has 3 N–H and O–H groups in total. The van der Waals surface area contributed by atoms with Crippen LogP contribution in [-0.4, -0.2) is 32.9 Å². The summed E-state index contributed by atoms with van der Waals surface area (Å²) in [5.41, 5.74) is 7.40. The molecule has 6 nitrogen and oxygen atoms in total. The van der Waals surface area contributed by atoms with Gasteiger partial charge in [0.1, 0.15) is 5.75 Å². The van der Waals surface area contributed by atoms with E-state index in [1.807, 2.05) is 24.3 Å². The number of amides is 1. The zero-order valence-electron chi connectivity index (χ0n) is 12.5. The minimum Gasteiger partial charge on any atom is -0.496 e. The van der Waals surface area contributed by atoms with E-state index in [0.717, 1.165) is 24.2 Å². The van der Waals surface area contributed by atoms with Gasteiger partial charge >= 0.3 is 0 Å². The van der Waals surface area contributed by atoms with Gasteiger partial charge in [0.15, 0.2) is 0 Å². The lowest BCUT2D eigenvalue weighted by Crippen LogP contribution is -2.44. The number of hydrazine groups is 1. The molecule has 1 heterocycles. The van der Waals surface area contributed by atoms with Crippen molar-refractivity contribution in [1.29, 1.82) is 0 Å². The van der Waals surface area contributed by atoms with Crippen molar-refractivity contribution in [3.63, 3.8) is 0 Å². The molecule has 2 rings (SSSR count). The van der Waals surface area contributed by atoms with Crippen LogP contribution in [0.25, 0.3) is 0 Å². The number of para-hydroxylation sites is 1. The second kappa shape index (κ2) is 7.97. The Bertz CT molecular complexity index is 467. The highest BCUT2D eigenvalue weighted by Crippen LogP contribution is 2.29. The molecule has 2 atom stereocenters. The van der Waals surface area contributed by atoms with Crippen LogP contribution in [0.4, 0.5) is 0 Å². The number of carbonyl (C=O) groups excluding carboxylic acids is 1. The second-order valence-electron chi connectivity index (χ2n) is 5.04. The van der Waals surface area contributed by atoms with Gasteiger partial charge in [0.05, 0.1) is 19.3 Å². The highest BCUT2D eigenvalue weighted by atomic mass is 16.5. The Labute approximate surface area is 125 Å². The summed E-state index contributed by atoms with van der Waals surface area (Å²) in [7, 11) is 3.30. The fourth-order valence-electron chi connectivity index (χ4n) is 2.45. The van der Waals surface area contributed by atoms with Crippen LogP contribution < -0.4 is 20.9 Å². The van der Waals surface area contributed by atoms with Crippen molar-refractivity contribution in [2.45, 2.75) is 31.5 Å². The number of hydrogen-bond donors (Lipinski definition) is 3. The Hall–Kier alpha value is -1.63. The predicted octanol–water partition coefficient (Wildman–Crippen LogP) is 1.10. The molecule has 1 aromatic carbocycles. The van der Waals surface area contributed by atoms with Gasteiger partial charge in [-0.1, -0.05) is 18.2 Å². The Kier molecular flexibility index (Phi) is 5.98. The molecule has 1 amide bonds. The normalized spacial score (nSPS) is 21.2. The number of methoxy groups -OCH3 is 2. The summed E-state index contributed by atoms with van der Waals surface area (Å²) in [5, 5.41) is 2.97. The minimum absolute atomic E-state index is 0.0343. The van der Waals surface area contributed by atoms with Gasteiger partial charge < -0.3 is 14.8 Å². The number of nitrogens with one attached hydrogen (secondary N) is 3. The summed E-state index contributed by atoms with van der Waals surface area (Å²) >= 11 is 0. The van der Waals surface area contributed by atoms with Gasteiger partial charge in [-0.3, -0.25) is 4.79 Å². The van der Waals surface area contributed by atoms with Crippen LogP contribution in [0.1, 0.15) is 30.9 Å². The number of carbonyl (C=O) groups is 1. The predicted molar refractivity (Wildman–Crippen MR) is 79.7 cm³/mol. The molecule has 0 saturated carbocycles. The monoisotopic (exact) mass is 293 g/mol. The smallest absolute Gasteiger partial charge is 0.221 e. The van der Waals surface area contributed by atoms with E-state index < -0.39 is 0 Å². The van der Waals surface area contributed by atoms with Crippen molar-refractivity contribution in [2.24, 2.45) is 0 Å². The third-order valence-electron chi connectivity index (χ3n) is 3.51. The lowest BCUT2D eigenvalue weighted by Gasteiger charge is -2.14. The van der Waals surface area contributed by atoms with Crippen molar-refractivity contribution >= 4 is 5.91 Å². The summed E-state index contributed by atoms with van der Waals surface area (Å²) in [4.78, 5) is 11.8. The van der Waals surface area contributed by atoms with E-state index in [2.05, 4.69) is 16.2 Å². The van der Waals surface area contributed by atoms with Crippen LogP contribution in [0, 0.1) is 0 Å². The zero-order chi connectivity index (χ0) is 15.1. The largest absolute Gasteiger partial charge is 0.496 e. The quantitative estimate of drug-likeness (QED) is 0.657. The average Bonchev–Trinajstić information content (AvgIpc) is 2.95. The lowest BCUT2D eigenvalue weighted by atomic mass is 10.0. The van der Waals surface area contributed by atoms with Crippen LogP contribution in [0.3, 0.4) is 0 Å². The van der Waals surface area contributed by atoms with E-state index in [9.17, 15) is 4.79 Å². The van der Waals surface area contributed by atoms with E-state index in [0.29, 0.717) is 13.0 Å². The van der Waals surface area contributed by atoms with E-state index >= 15 is 0 Å². The minimum atomic E-state index is -0.0741. The number of rotatable bonds is 7. The Morgan fingerprint density at radius 3 is 2.90 bits per heavy atom. The molecule has 0 aromatic heterocycles. The molecule has 1 fully saturated rings. The number of hydrogen-bond acceptors (Lipinski definition) is 5. The van der Waals surface area contributed by atoms with Crippen LogP contribution in [-0.2, 0) is 9.53 Å². The zero-order valence-corrected chi connectivity index (χ0v) is 12.5. The average molecular weight is 293 g/mol. The van der Waals surface area contributed by atoms with E-state index in [1.54, 1.807) is 14.2 Å². The third kappa shape index (κ3) is 4.42. The lowest BCUT2D eigenvalue weighted by molar-refractivity contribution is -0.122. The SMILES string of the molecule is COCCCC(=O)NC1CC(c2ccccc2OC)NN1. The van der Waals surface area contributed by atoms with Gasteiger partial charge in [-0.05, 0) is 12.5 Å². The van der Waals surface area contributed by atoms with Crippen molar-refractivity contribution < 1.29 is 14.3 Å². The van der Waals surface area contributed by atoms with Gasteiger partial charge in [0.2, 0.25) is 5.91 Å². The molecular formula is C15H23N3O3. The molecule has 1 aliphatic rings. The molecule has 2 unspecified atom stereocenters. The third-order valence-corrected chi connectivity index (χ3v) is 3.51. The van der Waals surface area contributed by atoms with Crippen LogP contribution >= 0.6 is 0 Å². The first kappa shape index (κ1) is 15.8. The van der Waals surface area contributed by atoms with Crippen LogP contribution in [0.5, 0.6) is 5.75 Å². The summed E-state index contributed by atoms with van der Waals surface area (Å²) in [6, 6.07) is 8.01. The van der Waals surface area contributed by atoms with Gasteiger partial charge in [0.25, 0.3) is 0 Å². The van der Waals surface area contributed by atoms with E-state index in [1.165, 1.54) is 0 Å². The second-order valence-corrected chi connectivity index (χ2v) is 5.04. The molecule has 1 aromatic rings. The first-order valence-corrected chi connectivity index (χ1v) is 7.17. The van der Waals surface area contributed by atoms with Crippen LogP contribution in [0.15, 0.2) is 24.3 Å². The van der Waals surface area contributed by atoms with Gasteiger partial charge in [-0.25, -0.2) is 10.9 Å². The summed E-state index contributed by atoms with van der Waals surface area (Å²) in [5.74, 6) is 0.885. The Morgan fingerprint density at radius 2 is 2.14 bits per heavy atom. The van der Waals surface area contributed by atoms with Crippen LogP contribution in [0.2, 0.25) is 0 Å². The number of ether oxygens (including phenoxy) is 2. The highest BCUT2D eigenvalue weighted by molar-refractivity contribution is 5.76. The van der Waals surface area contributed by atoms with Crippen molar-refractivity contribution in [3.05, 3.63) is 29.8 Å². The fourth-order valence-corrected chi connectivity index (χ4v) is 2.45. The van der Waals surface area contributed by atoms with Crippen molar-refractivity contribution in [3.8, 4) is 5.75 Å². The first-order valence-electron chi connectivity index (χ1n) is 7.17. The summed E-state index contributed by atoms with van der Waals surface area (Å²) < 4.78 is 10.3. The van der Waals surface area contributed by atoms with E-state index in [-0.39, 0.29) is 18.1 Å². The maximum Gasteiger partial charge on any atom is 0.221 e. The molecule has 0 spiro atoms. The van der Waals surface area contributed by atoms with Crippen molar-refractivity contribution in [1.82, 2.24) is 16.2 Å². The maximum absolute atomic E-state index is 11.8. The maximum atomic E-state index is 11.8. The molecule has 0 aliphatic carbocycles. The molecule has 1 saturated heterocycles. The van der Waals surface area contributed by atoms with Gasteiger partial charge in [0, 0.05) is 32.1 Å². The summed E-state index contributed by atoms with van der Waals surface area (Å²) in [6.07, 6.45) is 1.91. The Balaban J connectivity index is 1.84. The molecule has 21 heavy (non-hydrogen) atoms. The molecule has 1 aliphatic heterocycles. The first-order chi connectivity index (χ1) is 10.2. The summed E-state index contributed by atoms with van der Waals surface area (Å²) in [6.45, 7) is 0.605.